The molecule has 1 unspecified atom stereocenters. The van der Waals surface area contributed by atoms with Crippen molar-refractivity contribution in [1.82, 2.24) is 0 Å². The molecule has 138 valence electrons. The van der Waals surface area contributed by atoms with Crippen LogP contribution >= 0.6 is 0 Å². The molecular weight excluding hydrogens is 304 g/mol. The van der Waals surface area contributed by atoms with Crippen LogP contribution in [0.4, 0.5) is 0 Å². The molecule has 0 aromatic carbocycles. The fourth-order valence-corrected chi connectivity index (χ4v) is 3.35. The van der Waals surface area contributed by atoms with Gasteiger partial charge in [0.05, 0.1) is 12.8 Å². The van der Waals surface area contributed by atoms with Gasteiger partial charge in [-0.2, -0.15) is 0 Å². The molecule has 0 aromatic heterocycles. The Balaban J connectivity index is 2.18. The standard InChI is InChI=1S/C19H34N2O3/c1-2-3-4-5-6-7-8-9-10-11-12-18-20-13-14-21(18,15-16-22)17-19(23)24/h13-14,22H,2-12,15-17H2,1H3/p+1. The maximum atomic E-state index is 11.1. The van der Waals surface area contributed by atoms with Gasteiger partial charge in [-0.25, -0.2) is 14.3 Å². The minimum Gasteiger partial charge on any atom is -0.477 e. The van der Waals surface area contributed by atoms with Gasteiger partial charge in [-0.15, -0.1) is 0 Å². The molecule has 1 heterocycles. The van der Waals surface area contributed by atoms with Crippen molar-refractivity contribution in [3.05, 3.63) is 12.4 Å². The minimum absolute atomic E-state index is 0.0331. The van der Waals surface area contributed by atoms with Gasteiger partial charge in [0.2, 0.25) is 5.84 Å². The van der Waals surface area contributed by atoms with E-state index in [1.165, 1.54) is 57.8 Å². The Morgan fingerprint density at radius 1 is 1.04 bits per heavy atom. The first-order chi connectivity index (χ1) is 11.6. The molecule has 0 amide bonds. The van der Waals surface area contributed by atoms with E-state index >= 15 is 0 Å². The number of carboxylic acids is 1. The lowest BCUT2D eigenvalue weighted by molar-refractivity contribution is -0.780. The predicted octanol–water partition coefficient (Wildman–Crippen LogP) is 4.07. The molecule has 0 aromatic rings. The number of aliphatic imine (C=N–C) groups is 1. The van der Waals surface area contributed by atoms with Crippen molar-refractivity contribution in [2.24, 2.45) is 4.99 Å². The molecule has 0 spiro atoms. The van der Waals surface area contributed by atoms with E-state index in [0.717, 1.165) is 18.7 Å². The molecule has 24 heavy (non-hydrogen) atoms. The molecule has 0 fully saturated rings. The second-order valence-electron chi connectivity index (χ2n) is 6.81. The van der Waals surface area contributed by atoms with E-state index in [0.29, 0.717) is 6.54 Å². The summed E-state index contributed by atoms with van der Waals surface area (Å²) in [6.07, 6.45) is 17.1. The number of aliphatic hydroxyl groups is 1. The van der Waals surface area contributed by atoms with Gasteiger partial charge in [0.25, 0.3) is 0 Å². The first-order valence-electron chi connectivity index (χ1n) is 9.59. The Hall–Kier alpha value is -1.20. The summed E-state index contributed by atoms with van der Waals surface area (Å²) < 4.78 is 0.184. The van der Waals surface area contributed by atoms with E-state index in [-0.39, 0.29) is 17.6 Å². The minimum atomic E-state index is -0.856. The van der Waals surface area contributed by atoms with Crippen LogP contribution in [0.15, 0.2) is 17.4 Å². The van der Waals surface area contributed by atoms with Gasteiger partial charge in [-0.05, 0) is 6.42 Å². The van der Waals surface area contributed by atoms with Crippen molar-refractivity contribution >= 4 is 11.8 Å². The highest BCUT2D eigenvalue weighted by Crippen LogP contribution is 2.21. The second-order valence-corrected chi connectivity index (χ2v) is 6.81. The number of aliphatic carboxylic acids is 1. The summed E-state index contributed by atoms with van der Waals surface area (Å²) in [4.78, 5) is 15.5. The maximum absolute atomic E-state index is 11.1. The molecule has 5 heteroatoms. The highest BCUT2D eigenvalue weighted by atomic mass is 16.4. The molecule has 0 bridgehead atoms. The van der Waals surface area contributed by atoms with E-state index < -0.39 is 5.97 Å². The number of amidine groups is 1. The summed E-state index contributed by atoms with van der Waals surface area (Å²) >= 11 is 0. The summed E-state index contributed by atoms with van der Waals surface area (Å²) in [6.45, 7) is 2.57. The van der Waals surface area contributed by atoms with E-state index in [1.54, 1.807) is 12.4 Å². The molecule has 0 radical (unpaired) electrons. The van der Waals surface area contributed by atoms with Crippen molar-refractivity contribution in [2.75, 3.05) is 19.7 Å². The number of hydrogen-bond acceptors (Lipinski definition) is 3. The zero-order valence-electron chi connectivity index (χ0n) is 15.3. The molecule has 5 nitrogen and oxygen atoms in total. The van der Waals surface area contributed by atoms with E-state index in [2.05, 4.69) is 11.9 Å². The Bertz CT molecular complexity index is 421. The summed E-state index contributed by atoms with van der Waals surface area (Å²) in [7, 11) is 0. The van der Waals surface area contributed by atoms with Crippen LogP contribution in [-0.2, 0) is 4.79 Å². The smallest absolute Gasteiger partial charge is 0.360 e. The number of hydrogen-bond donors (Lipinski definition) is 2. The number of unbranched alkanes of at least 4 members (excludes halogenated alkanes) is 9. The molecule has 1 atom stereocenters. The molecule has 1 aliphatic heterocycles. The Morgan fingerprint density at radius 3 is 2.17 bits per heavy atom. The van der Waals surface area contributed by atoms with Gasteiger partial charge in [-0.1, -0.05) is 64.7 Å². The van der Waals surface area contributed by atoms with Gasteiger partial charge in [0.15, 0.2) is 6.54 Å². The van der Waals surface area contributed by atoms with Crippen molar-refractivity contribution in [3.8, 4) is 0 Å². The summed E-state index contributed by atoms with van der Waals surface area (Å²) in [5.74, 6) is 0.0248. The Kier molecular flexibility index (Phi) is 10.6. The Morgan fingerprint density at radius 2 is 1.62 bits per heavy atom. The zero-order chi connectivity index (χ0) is 17.7. The SMILES string of the molecule is CCCCCCCCCCCCC1=NC=C[N+]1(CCO)CC(=O)O. The van der Waals surface area contributed by atoms with Gasteiger partial charge < -0.3 is 10.2 Å². The zero-order valence-corrected chi connectivity index (χ0v) is 15.3. The van der Waals surface area contributed by atoms with Crippen molar-refractivity contribution < 1.29 is 19.5 Å². The third-order valence-electron chi connectivity index (χ3n) is 4.76. The Labute approximate surface area is 146 Å². The first-order valence-corrected chi connectivity index (χ1v) is 9.59. The molecule has 0 saturated carbocycles. The number of carboxylic acid groups (broad SMARTS) is 1. The van der Waals surface area contributed by atoms with E-state index in [1.807, 2.05) is 0 Å². The lowest BCUT2D eigenvalue weighted by Crippen LogP contribution is -2.51. The van der Waals surface area contributed by atoms with Crippen LogP contribution in [0, 0.1) is 0 Å². The number of quaternary nitrogens is 1. The second kappa shape index (κ2) is 12.2. The molecule has 2 N–H and O–H groups in total. The van der Waals surface area contributed by atoms with Crippen LogP contribution < -0.4 is 0 Å². The molecular formula is C19H35N2O3+. The number of nitrogens with zero attached hydrogens (tertiary/aromatic N) is 2. The van der Waals surface area contributed by atoms with Crippen LogP contribution in [0.1, 0.15) is 77.6 Å². The topological polar surface area (TPSA) is 69.9 Å². The lowest BCUT2D eigenvalue weighted by Gasteiger charge is -2.30. The molecule has 0 aliphatic carbocycles. The predicted molar refractivity (Wildman–Crippen MR) is 97.8 cm³/mol. The normalized spacial score (nSPS) is 19.7. The van der Waals surface area contributed by atoms with Gasteiger partial charge in [0.1, 0.15) is 12.7 Å². The highest BCUT2D eigenvalue weighted by Gasteiger charge is 2.36. The van der Waals surface area contributed by atoms with Crippen LogP contribution in [-0.4, -0.2) is 46.2 Å². The van der Waals surface area contributed by atoms with Crippen molar-refractivity contribution in [2.45, 2.75) is 77.6 Å². The highest BCUT2D eigenvalue weighted by molar-refractivity contribution is 5.81. The van der Waals surface area contributed by atoms with Crippen LogP contribution in [0.5, 0.6) is 0 Å². The summed E-state index contributed by atoms with van der Waals surface area (Å²) in [6, 6.07) is 0. The number of rotatable bonds is 15. The van der Waals surface area contributed by atoms with Crippen LogP contribution in [0.25, 0.3) is 0 Å². The van der Waals surface area contributed by atoms with Crippen LogP contribution in [0.2, 0.25) is 0 Å². The monoisotopic (exact) mass is 339 g/mol. The fraction of sp³-hybridized carbons (Fsp3) is 0.789. The van der Waals surface area contributed by atoms with E-state index in [9.17, 15) is 9.90 Å². The number of carbonyl (C=O) groups is 1. The average molecular weight is 340 g/mol. The fourth-order valence-electron chi connectivity index (χ4n) is 3.35. The number of aliphatic hydroxyl groups excluding tert-OH is 1. The molecule has 0 saturated heterocycles. The van der Waals surface area contributed by atoms with Crippen molar-refractivity contribution in [1.29, 1.82) is 0 Å². The first kappa shape index (κ1) is 20.8. The quantitative estimate of drug-likeness (QED) is 0.349. The molecule has 1 aliphatic rings. The van der Waals surface area contributed by atoms with Gasteiger partial charge >= 0.3 is 5.97 Å². The maximum Gasteiger partial charge on any atom is 0.360 e. The van der Waals surface area contributed by atoms with Gasteiger partial charge in [-0.3, -0.25) is 0 Å². The summed E-state index contributed by atoms with van der Waals surface area (Å²) in [5.41, 5.74) is 0. The third-order valence-corrected chi connectivity index (χ3v) is 4.76. The van der Waals surface area contributed by atoms with Gasteiger partial charge in [0, 0.05) is 6.42 Å². The lowest BCUT2D eigenvalue weighted by atomic mass is 10.1. The van der Waals surface area contributed by atoms with Crippen LogP contribution in [0.3, 0.4) is 0 Å². The van der Waals surface area contributed by atoms with Crippen molar-refractivity contribution in [3.63, 3.8) is 0 Å². The summed E-state index contributed by atoms with van der Waals surface area (Å²) in [5, 5.41) is 18.4. The average Bonchev–Trinajstić information content (AvgIpc) is 2.91. The third kappa shape index (κ3) is 7.58. The molecule has 1 rings (SSSR count). The largest absolute Gasteiger partial charge is 0.477 e. The van der Waals surface area contributed by atoms with E-state index in [4.69, 9.17) is 5.11 Å².